The SMILES string of the molecule is C=CC(=O)c1ccc2c(=O)c3ccccc3sc2c1.CCCC(CCC(=O)c1ccc2c(=O)c3ccccc3sc2c1)CCC(CCC(=O)c1ccc2c(=O)c3ccccc3sc2c1)CCC(CC)CCC(=O)c1ccc2c(=O)c3ccccc3sc2c1.CCCCCCCCCCCC.[CH2+]CCCCCCCCCCC. The number of Topliss-reactive ketones (excluding diaryl/α,β-unsaturated/α-hetero) is 3. The van der Waals surface area contributed by atoms with E-state index in [0.717, 1.165) is 114 Å². The number of allylic oxidation sites excluding steroid dienone is 1. The highest BCUT2D eigenvalue weighted by Crippen LogP contribution is 2.35. The summed E-state index contributed by atoms with van der Waals surface area (Å²) in [5, 5.41) is 5.40. The third kappa shape index (κ3) is 25.3. The van der Waals surface area contributed by atoms with Gasteiger partial charge in [-0.15, -0.1) is 45.3 Å². The van der Waals surface area contributed by atoms with E-state index < -0.39 is 0 Å². The molecule has 0 amide bonds. The van der Waals surface area contributed by atoms with Gasteiger partial charge in [-0.2, -0.15) is 0 Å². The monoisotopic (exact) mass is 1570 g/mol. The summed E-state index contributed by atoms with van der Waals surface area (Å²) < 4.78 is 6.98. The van der Waals surface area contributed by atoms with Crippen molar-refractivity contribution in [1.82, 2.24) is 0 Å². The van der Waals surface area contributed by atoms with Crippen LogP contribution in [0.1, 0.15) is 288 Å². The highest BCUT2D eigenvalue weighted by Gasteiger charge is 2.22. The first kappa shape index (κ1) is 87.6. The second-order valence-corrected chi connectivity index (χ2v) is 34.8. The van der Waals surface area contributed by atoms with E-state index in [1.807, 2.05) is 115 Å². The number of unbranched alkanes of at least 4 members (excludes halogenated alkanes) is 18. The molecule has 12 rings (SSSR count). The summed E-state index contributed by atoms with van der Waals surface area (Å²) in [6.45, 7) is 18.5. The van der Waals surface area contributed by atoms with Crippen LogP contribution in [0.4, 0.5) is 0 Å². The Morgan fingerprint density at radius 3 is 0.857 bits per heavy atom. The lowest BCUT2D eigenvalue weighted by molar-refractivity contribution is 0.0957. The van der Waals surface area contributed by atoms with Gasteiger partial charge >= 0.3 is 0 Å². The average Bonchev–Trinajstić information content (AvgIpc) is 0.797. The minimum atomic E-state index is -0.130. The minimum Gasteiger partial charge on any atom is -0.294 e. The molecule has 0 saturated heterocycles. The van der Waals surface area contributed by atoms with Crippen LogP contribution in [0.3, 0.4) is 0 Å². The standard InChI is InChI=1S/C60H56O6S3.C16H10O2S.C12H26.C12H25/c1-3-11-38(23-32-50(62)41-26-29-47-56(35-41)68-53-16-9-6-13-44(53)59(47)65)20-21-39(24-33-51(63)42-27-30-48-57(36-42)69-54-17-10-7-14-45(54)60(48)66)19-18-37(4-2)22-31-49(61)40-25-28-46-55(34-40)67-52-15-8-5-12-43(52)58(46)64;1-2-13(17)10-7-8-12-15(9-10)19-14-6-4-3-5-11(14)16(12)18;2*1-3-5-7-9-11-12-10-8-6-4-2/h5-10,12-17,25-30,34-39H,3-4,11,18-24,31-33H2,1-2H3;2-9H,1H2;3-12H2,1-2H3;1,3-12H2,2H3/q;;;+1. The van der Waals surface area contributed by atoms with Crippen LogP contribution in [0.25, 0.3) is 80.7 Å². The number of carbonyl (C=O) groups is 4. The predicted octanol–water partition coefficient (Wildman–Crippen LogP) is 29.2. The Bertz CT molecular complexity index is 5310. The van der Waals surface area contributed by atoms with Crippen LogP contribution in [-0.2, 0) is 0 Å². The lowest BCUT2D eigenvalue weighted by Crippen LogP contribution is -2.13. The first-order valence-corrected chi connectivity index (χ1v) is 45.3. The Morgan fingerprint density at radius 2 is 0.562 bits per heavy atom. The molecule has 12 heteroatoms. The van der Waals surface area contributed by atoms with Crippen molar-refractivity contribution in [2.45, 2.75) is 247 Å². The molecule has 8 aromatic carbocycles. The molecule has 3 atom stereocenters. The molecule has 0 saturated carbocycles. The molecule has 4 heterocycles. The van der Waals surface area contributed by atoms with Crippen LogP contribution in [0, 0.1) is 24.7 Å². The molecule has 0 aliphatic rings. The smallest absolute Gasteiger partial charge is 0.195 e. The van der Waals surface area contributed by atoms with Gasteiger partial charge in [0.25, 0.3) is 0 Å². The fourth-order valence-electron chi connectivity index (χ4n) is 15.3. The molecule has 0 aliphatic carbocycles. The maximum absolute atomic E-state index is 13.9. The molecule has 12 aromatic rings. The Labute approximate surface area is 680 Å². The van der Waals surface area contributed by atoms with Gasteiger partial charge in [0.1, 0.15) is 0 Å². The molecule has 0 bridgehead atoms. The summed E-state index contributed by atoms with van der Waals surface area (Å²) in [5.41, 5.74) is 2.47. The number of rotatable bonds is 41. The van der Waals surface area contributed by atoms with Crippen LogP contribution in [0.2, 0.25) is 0 Å². The summed E-state index contributed by atoms with van der Waals surface area (Å²) >= 11 is 6.15. The molecule has 3 unspecified atom stereocenters. The Morgan fingerprint density at radius 1 is 0.304 bits per heavy atom. The minimum absolute atomic E-state index is 0.00300. The molecule has 0 fully saturated rings. The highest BCUT2D eigenvalue weighted by atomic mass is 32.1. The van der Waals surface area contributed by atoms with Gasteiger partial charge in [-0.05, 0) is 153 Å². The second-order valence-electron chi connectivity index (χ2n) is 30.5. The average molecular weight is 1580 g/mol. The summed E-state index contributed by atoms with van der Waals surface area (Å²) in [6, 6.07) is 52.0. The van der Waals surface area contributed by atoms with E-state index in [4.69, 9.17) is 0 Å². The lowest BCUT2D eigenvalue weighted by atomic mass is 9.82. The van der Waals surface area contributed by atoms with Crippen molar-refractivity contribution in [2.75, 3.05) is 0 Å². The Kier molecular flexibility index (Phi) is 36.5. The topological polar surface area (TPSA) is 137 Å². The lowest BCUT2D eigenvalue weighted by Gasteiger charge is -2.23. The highest BCUT2D eigenvalue weighted by molar-refractivity contribution is 7.25. The number of hydrogen-bond acceptors (Lipinski definition) is 12. The molecule has 0 N–H and O–H groups in total. The fourth-order valence-corrected chi connectivity index (χ4v) is 19.7. The van der Waals surface area contributed by atoms with Crippen LogP contribution >= 0.6 is 45.3 Å². The van der Waals surface area contributed by atoms with Crippen LogP contribution in [-0.4, -0.2) is 23.1 Å². The van der Waals surface area contributed by atoms with Gasteiger partial charge in [0.15, 0.2) is 44.8 Å². The van der Waals surface area contributed by atoms with Crippen molar-refractivity contribution in [3.63, 3.8) is 0 Å². The van der Waals surface area contributed by atoms with Gasteiger partial charge in [-0.1, -0.05) is 268 Å². The van der Waals surface area contributed by atoms with Gasteiger partial charge in [0, 0.05) is 122 Å². The number of ketones is 4. The first-order valence-electron chi connectivity index (χ1n) is 42.0. The van der Waals surface area contributed by atoms with E-state index in [0.29, 0.717) is 91.1 Å². The van der Waals surface area contributed by atoms with E-state index in [1.165, 1.54) is 151 Å². The zero-order valence-corrected chi connectivity index (χ0v) is 70.4. The van der Waals surface area contributed by atoms with Crippen LogP contribution in [0.15, 0.2) is 202 Å². The number of benzene rings is 8. The van der Waals surface area contributed by atoms with Gasteiger partial charge < -0.3 is 0 Å². The fraction of sp³-hybridized carbons (Fsp3) is 0.410. The number of fused-ring (bicyclic) bond motifs is 8. The van der Waals surface area contributed by atoms with E-state index in [-0.39, 0.29) is 50.8 Å². The zero-order valence-electron chi connectivity index (χ0n) is 67.1. The largest absolute Gasteiger partial charge is 0.294 e. The predicted molar refractivity (Wildman–Crippen MR) is 486 cm³/mol. The maximum atomic E-state index is 13.9. The second kappa shape index (κ2) is 46.7. The molecule has 0 spiro atoms. The van der Waals surface area contributed by atoms with E-state index >= 15 is 0 Å². The Hall–Kier alpha value is -8.39. The van der Waals surface area contributed by atoms with Crippen molar-refractivity contribution in [3.8, 4) is 0 Å². The van der Waals surface area contributed by atoms with Gasteiger partial charge in [0.2, 0.25) is 0 Å². The normalized spacial score (nSPS) is 12.2. The van der Waals surface area contributed by atoms with Crippen molar-refractivity contribution in [3.05, 3.63) is 253 Å². The maximum Gasteiger partial charge on any atom is 0.195 e. The molecular formula is C100H117O8S4+. The molecule has 588 valence electrons. The summed E-state index contributed by atoms with van der Waals surface area (Å²) in [4.78, 5) is 105. The van der Waals surface area contributed by atoms with Gasteiger partial charge in [0.05, 0.1) is 13.3 Å². The summed E-state index contributed by atoms with van der Waals surface area (Å²) in [5.74, 6) is 1.10. The molecule has 4 aromatic heterocycles. The third-order valence-corrected chi connectivity index (χ3v) is 26.7. The molecule has 0 aliphatic heterocycles. The van der Waals surface area contributed by atoms with Crippen molar-refractivity contribution < 1.29 is 19.2 Å². The summed E-state index contributed by atoms with van der Waals surface area (Å²) in [6.07, 6.45) is 39.9. The first-order chi connectivity index (χ1) is 54.6. The third-order valence-electron chi connectivity index (χ3n) is 22.1. The van der Waals surface area contributed by atoms with Crippen LogP contribution < -0.4 is 21.7 Å². The quantitative estimate of drug-likeness (QED) is 0.0121. The molecule has 0 radical (unpaired) electrons. The van der Waals surface area contributed by atoms with E-state index in [1.54, 1.807) is 77.3 Å². The van der Waals surface area contributed by atoms with Crippen molar-refractivity contribution >= 4 is 149 Å². The van der Waals surface area contributed by atoms with Crippen LogP contribution in [0.5, 0.6) is 0 Å². The van der Waals surface area contributed by atoms with Gasteiger partial charge in [-0.3, -0.25) is 38.4 Å². The summed E-state index contributed by atoms with van der Waals surface area (Å²) in [7, 11) is 0. The van der Waals surface area contributed by atoms with E-state index in [2.05, 4.69) is 48.1 Å². The van der Waals surface area contributed by atoms with E-state index in [9.17, 15) is 38.4 Å². The van der Waals surface area contributed by atoms with Crippen molar-refractivity contribution in [2.24, 2.45) is 17.8 Å². The van der Waals surface area contributed by atoms with Crippen molar-refractivity contribution in [1.29, 1.82) is 0 Å². The molecular weight excluding hydrogens is 1460 g/mol. The number of carbonyl (C=O) groups excluding carboxylic acids is 4. The number of hydrogen-bond donors (Lipinski definition) is 0. The Balaban J connectivity index is 0.000000268. The molecule has 8 nitrogen and oxygen atoms in total. The van der Waals surface area contributed by atoms with Gasteiger partial charge in [-0.25, -0.2) is 0 Å². The zero-order chi connectivity index (χ0) is 79.6. The molecule has 112 heavy (non-hydrogen) atoms.